The Morgan fingerprint density at radius 2 is 1.77 bits per heavy atom. The standard InChI is InChI=1S/C20H17N3O2S/c24-18-17(13-21-20-22(18)11-12-26-20)19(25)23(16-9-5-2-6-10-16)14-15-7-3-1-4-8-15/h1-10,13H,11-12,14H2. The van der Waals surface area contributed by atoms with E-state index < -0.39 is 0 Å². The second-order valence-electron chi connectivity index (χ2n) is 5.97. The van der Waals surface area contributed by atoms with Gasteiger partial charge in [0.25, 0.3) is 11.5 Å². The van der Waals surface area contributed by atoms with Crippen LogP contribution in [-0.2, 0) is 13.1 Å². The first kappa shape index (κ1) is 16.6. The van der Waals surface area contributed by atoms with Crippen LogP contribution in [0.15, 0.2) is 76.8 Å². The second-order valence-corrected chi connectivity index (χ2v) is 7.03. The third-order valence-electron chi connectivity index (χ3n) is 4.28. The van der Waals surface area contributed by atoms with E-state index in [4.69, 9.17) is 0 Å². The number of para-hydroxylation sites is 1. The number of aromatic nitrogens is 2. The molecule has 6 heteroatoms. The number of rotatable bonds is 4. The molecule has 26 heavy (non-hydrogen) atoms. The average Bonchev–Trinajstić information content (AvgIpc) is 3.17. The van der Waals surface area contributed by atoms with Crippen molar-refractivity contribution in [2.75, 3.05) is 10.7 Å². The number of fused-ring (bicyclic) bond motifs is 1. The van der Waals surface area contributed by atoms with Crippen molar-refractivity contribution in [2.45, 2.75) is 18.2 Å². The Morgan fingerprint density at radius 1 is 1.08 bits per heavy atom. The van der Waals surface area contributed by atoms with Crippen LogP contribution in [-0.4, -0.2) is 21.2 Å². The number of carbonyl (C=O) groups excluding carboxylic acids is 1. The van der Waals surface area contributed by atoms with Crippen molar-refractivity contribution in [3.8, 4) is 0 Å². The summed E-state index contributed by atoms with van der Waals surface area (Å²) in [5.41, 5.74) is 1.59. The van der Waals surface area contributed by atoms with Gasteiger partial charge < -0.3 is 4.90 Å². The largest absolute Gasteiger partial charge is 0.304 e. The molecule has 0 aliphatic carbocycles. The summed E-state index contributed by atoms with van der Waals surface area (Å²) in [6.07, 6.45) is 1.41. The summed E-state index contributed by atoms with van der Waals surface area (Å²) >= 11 is 1.54. The normalized spacial score (nSPS) is 12.6. The van der Waals surface area contributed by atoms with E-state index in [0.29, 0.717) is 18.2 Å². The summed E-state index contributed by atoms with van der Waals surface area (Å²) in [5.74, 6) is 0.483. The van der Waals surface area contributed by atoms with Crippen molar-refractivity contribution in [3.05, 3.63) is 88.3 Å². The molecule has 1 aliphatic rings. The number of anilines is 1. The lowest BCUT2D eigenvalue weighted by Gasteiger charge is -2.23. The summed E-state index contributed by atoms with van der Waals surface area (Å²) in [6.45, 7) is 0.983. The van der Waals surface area contributed by atoms with Crippen LogP contribution in [0.2, 0.25) is 0 Å². The van der Waals surface area contributed by atoms with Gasteiger partial charge in [-0.3, -0.25) is 14.2 Å². The number of hydrogen-bond acceptors (Lipinski definition) is 4. The van der Waals surface area contributed by atoms with Gasteiger partial charge in [-0.1, -0.05) is 60.3 Å². The van der Waals surface area contributed by atoms with Crippen LogP contribution < -0.4 is 10.5 Å². The highest BCUT2D eigenvalue weighted by Gasteiger charge is 2.25. The quantitative estimate of drug-likeness (QED) is 0.668. The maximum atomic E-state index is 13.2. The van der Waals surface area contributed by atoms with E-state index in [-0.39, 0.29) is 17.0 Å². The van der Waals surface area contributed by atoms with Gasteiger partial charge in [0.1, 0.15) is 5.56 Å². The van der Waals surface area contributed by atoms with E-state index in [1.54, 1.807) is 9.47 Å². The van der Waals surface area contributed by atoms with Crippen molar-refractivity contribution < 1.29 is 4.79 Å². The molecule has 130 valence electrons. The Labute approximate surface area is 155 Å². The monoisotopic (exact) mass is 363 g/mol. The molecule has 2 heterocycles. The molecule has 0 spiro atoms. The second kappa shape index (κ2) is 7.17. The van der Waals surface area contributed by atoms with Crippen LogP contribution in [0.3, 0.4) is 0 Å². The smallest absolute Gasteiger partial charge is 0.267 e. The van der Waals surface area contributed by atoms with Gasteiger partial charge in [-0.05, 0) is 17.7 Å². The minimum atomic E-state index is -0.329. The highest BCUT2D eigenvalue weighted by Crippen LogP contribution is 2.22. The predicted molar refractivity (Wildman–Crippen MR) is 103 cm³/mol. The van der Waals surface area contributed by atoms with Gasteiger partial charge in [-0.2, -0.15) is 0 Å². The topological polar surface area (TPSA) is 55.2 Å². The lowest BCUT2D eigenvalue weighted by Crippen LogP contribution is -2.36. The highest BCUT2D eigenvalue weighted by molar-refractivity contribution is 7.99. The Morgan fingerprint density at radius 3 is 2.50 bits per heavy atom. The van der Waals surface area contributed by atoms with Crippen molar-refractivity contribution >= 4 is 23.4 Å². The van der Waals surface area contributed by atoms with Crippen molar-refractivity contribution in [1.29, 1.82) is 0 Å². The molecule has 0 saturated heterocycles. The van der Waals surface area contributed by atoms with Crippen LogP contribution >= 0.6 is 11.8 Å². The number of thioether (sulfide) groups is 1. The molecule has 0 fully saturated rings. The van der Waals surface area contributed by atoms with Crippen molar-refractivity contribution in [1.82, 2.24) is 9.55 Å². The first-order chi connectivity index (χ1) is 12.7. The first-order valence-corrected chi connectivity index (χ1v) is 9.36. The van der Waals surface area contributed by atoms with Crippen LogP contribution in [0.5, 0.6) is 0 Å². The van der Waals surface area contributed by atoms with E-state index in [0.717, 1.165) is 17.0 Å². The van der Waals surface area contributed by atoms with Crippen molar-refractivity contribution in [3.63, 3.8) is 0 Å². The van der Waals surface area contributed by atoms with Gasteiger partial charge in [-0.15, -0.1) is 0 Å². The summed E-state index contributed by atoms with van der Waals surface area (Å²) in [4.78, 5) is 31.9. The average molecular weight is 363 g/mol. The summed E-state index contributed by atoms with van der Waals surface area (Å²) < 4.78 is 1.59. The Balaban J connectivity index is 1.74. The molecule has 5 nitrogen and oxygen atoms in total. The molecule has 1 amide bonds. The molecule has 0 bridgehead atoms. The van der Waals surface area contributed by atoms with Gasteiger partial charge in [0.05, 0.1) is 6.54 Å². The summed E-state index contributed by atoms with van der Waals surface area (Å²) in [5, 5.41) is 0.681. The van der Waals surface area contributed by atoms with Crippen LogP contribution in [0.25, 0.3) is 0 Å². The molecule has 0 atom stereocenters. The van der Waals surface area contributed by atoms with Gasteiger partial charge in [0.2, 0.25) is 0 Å². The van der Waals surface area contributed by atoms with E-state index in [1.165, 1.54) is 18.0 Å². The lowest BCUT2D eigenvalue weighted by molar-refractivity contribution is 0.0982. The zero-order valence-corrected chi connectivity index (χ0v) is 14.9. The SMILES string of the molecule is O=C(c1cnc2n(c1=O)CCS2)N(Cc1ccccc1)c1ccccc1. The Hall–Kier alpha value is -2.86. The van der Waals surface area contributed by atoms with Crippen LogP contribution in [0.4, 0.5) is 5.69 Å². The third kappa shape index (κ3) is 3.15. The number of nitrogens with zero attached hydrogens (tertiary/aromatic N) is 3. The van der Waals surface area contributed by atoms with Gasteiger partial charge in [0.15, 0.2) is 5.16 Å². The van der Waals surface area contributed by atoms with E-state index in [9.17, 15) is 9.59 Å². The van der Waals surface area contributed by atoms with Gasteiger partial charge in [-0.25, -0.2) is 4.98 Å². The zero-order chi connectivity index (χ0) is 17.9. The molecule has 1 aromatic heterocycles. The maximum Gasteiger partial charge on any atom is 0.267 e. The number of hydrogen-bond donors (Lipinski definition) is 0. The van der Waals surface area contributed by atoms with E-state index >= 15 is 0 Å². The summed E-state index contributed by atoms with van der Waals surface area (Å²) in [6, 6.07) is 19.1. The molecule has 0 saturated carbocycles. The fourth-order valence-electron chi connectivity index (χ4n) is 2.96. The molecule has 0 N–H and O–H groups in total. The van der Waals surface area contributed by atoms with E-state index in [2.05, 4.69) is 4.98 Å². The van der Waals surface area contributed by atoms with Crippen LogP contribution in [0.1, 0.15) is 15.9 Å². The molecule has 4 rings (SSSR count). The van der Waals surface area contributed by atoms with Gasteiger partial charge in [0, 0.05) is 24.2 Å². The lowest BCUT2D eigenvalue weighted by atomic mass is 10.1. The minimum Gasteiger partial charge on any atom is -0.304 e. The molecule has 3 aromatic rings. The van der Waals surface area contributed by atoms with E-state index in [1.807, 2.05) is 60.7 Å². The molecular formula is C20H17N3O2S. The highest BCUT2D eigenvalue weighted by atomic mass is 32.2. The molecule has 0 radical (unpaired) electrons. The maximum absolute atomic E-state index is 13.2. The number of carbonyl (C=O) groups is 1. The molecular weight excluding hydrogens is 346 g/mol. The molecule has 0 unspecified atom stereocenters. The Kier molecular flexibility index (Phi) is 4.58. The number of benzene rings is 2. The van der Waals surface area contributed by atoms with Crippen molar-refractivity contribution in [2.24, 2.45) is 0 Å². The first-order valence-electron chi connectivity index (χ1n) is 8.37. The van der Waals surface area contributed by atoms with Crippen LogP contribution in [0, 0.1) is 0 Å². The molecule has 2 aromatic carbocycles. The Bertz CT molecular complexity index is 987. The minimum absolute atomic E-state index is 0.107. The zero-order valence-electron chi connectivity index (χ0n) is 14.0. The third-order valence-corrected chi connectivity index (χ3v) is 5.25. The predicted octanol–water partition coefficient (Wildman–Crippen LogP) is 3.20. The van der Waals surface area contributed by atoms with Gasteiger partial charge >= 0.3 is 0 Å². The molecule has 1 aliphatic heterocycles. The number of amides is 1. The fraction of sp³-hybridized carbons (Fsp3) is 0.150. The summed E-state index contributed by atoms with van der Waals surface area (Å²) in [7, 11) is 0. The fourth-order valence-corrected chi connectivity index (χ4v) is 3.88.